The summed E-state index contributed by atoms with van der Waals surface area (Å²) in [6.07, 6.45) is 1.66. The second-order valence-corrected chi connectivity index (χ2v) is 7.50. The molecule has 0 spiro atoms. The number of esters is 1. The molecule has 0 atom stereocenters. The van der Waals surface area contributed by atoms with Crippen molar-refractivity contribution in [2.75, 3.05) is 30.5 Å². The van der Waals surface area contributed by atoms with E-state index in [4.69, 9.17) is 21.1 Å². The van der Waals surface area contributed by atoms with Crippen LogP contribution in [0.15, 0.2) is 48.7 Å². The molecule has 0 aliphatic carbocycles. The SMILES string of the molecule is CCN1c2ncc(COc3cccc(C(=O)OC)c3)cc2C(=O)N(C)c2ccc(Cl)nc21. The lowest BCUT2D eigenvalue weighted by atomic mass is 10.1. The Kier molecular flexibility index (Phi) is 5.96. The summed E-state index contributed by atoms with van der Waals surface area (Å²) < 4.78 is 10.6. The van der Waals surface area contributed by atoms with Gasteiger partial charge in [0.15, 0.2) is 5.82 Å². The Morgan fingerprint density at radius 3 is 2.72 bits per heavy atom. The first-order valence-electron chi connectivity index (χ1n) is 9.95. The van der Waals surface area contributed by atoms with Gasteiger partial charge in [-0.1, -0.05) is 17.7 Å². The predicted octanol–water partition coefficient (Wildman–Crippen LogP) is 4.24. The first kappa shape index (κ1) is 21.6. The van der Waals surface area contributed by atoms with Crippen LogP contribution in [0.5, 0.6) is 5.75 Å². The number of pyridine rings is 2. The van der Waals surface area contributed by atoms with E-state index < -0.39 is 5.97 Å². The van der Waals surface area contributed by atoms with Crippen LogP contribution in [0.4, 0.5) is 17.3 Å². The number of hydrogen-bond acceptors (Lipinski definition) is 7. The molecule has 1 amide bonds. The number of hydrogen-bond donors (Lipinski definition) is 0. The zero-order chi connectivity index (χ0) is 22.8. The Morgan fingerprint density at radius 2 is 1.97 bits per heavy atom. The van der Waals surface area contributed by atoms with Crippen LogP contribution in [0, 0.1) is 0 Å². The van der Waals surface area contributed by atoms with E-state index in [1.807, 2.05) is 11.8 Å². The molecule has 0 bridgehead atoms. The standard InChI is InChI=1S/C23H21ClN4O4/c1-4-28-20-17(22(29)27(2)18-8-9-19(24)26-21(18)28)10-14(12-25-20)13-32-16-7-5-6-15(11-16)23(30)31-3/h5-12H,4,13H2,1-3H3. The molecule has 1 aliphatic heterocycles. The van der Waals surface area contributed by atoms with Gasteiger partial charge in [-0.05, 0) is 43.3 Å². The third-order valence-corrected chi connectivity index (χ3v) is 5.34. The molecule has 0 N–H and O–H groups in total. The van der Waals surface area contributed by atoms with Gasteiger partial charge in [-0.15, -0.1) is 0 Å². The van der Waals surface area contributed by atoms with Crippen LogP contribution in [0.2, 0.25) is 5.15 Å². The number of nitrogens with zero attached hydrogens (tertiary/aromatic N) is 4. The molecule has 0 saturated carbocycles. The van der Waals surface area contributed by atoms with Gasteiger partial charge in [-0.2, -0.15) is 0 Å². The van der Waals surface area contributed by atoms with Crippen molar-refractivity contribution < 1.29 is 19.1 Å². The Labute approximate surface area is 190 Å². The number of rotatable bonds is 5. The van der Waals surface area contributed by atoms with Gasteiger partial charge >= 0.3 is 5.97 Å². The summed E-state index contributed by atoms with van der Waals surface area (Å²) in [6.45, 7) is 2.68. The Bertz CT molecular complexity index is 1200. The van der Waals surface area contributed by atoms with Crippen molar-refractivity contribution >= 4 is 40.8 Å². The van der Waals surface area contributed by atoms with Crippen molar-refractivity contribution in [1.82, 2.24) is 9.97 Å². The quantitative estimate of drug-likeness (QED) is 0.422. The highest BCUT2D eigenvalue weighted by Crippen LogP contribution is 2.38. The summed E-state index contributed by atoms with van der Waals surface area (Å²) in [6, 6.07) is 11.9. The first-order chi connectivity index (χ1) is 15.4. The molecule has 9 heteroatoms. The number of halogens is 1. The zero-order valence-electron chi connectivity index (χ0n) is 17.8. The van der Waals surface area contributed by atoms with Crippen LogP contribution in [-0.4, -0.2) is 42.5 Å². The number of methoxy groups -OCH3 is 1. The minimum atomic E-state index is -0.441. The molecule has 8 nitrogen and oxygen atoms in total. The molecule has 4 rings (SSSR count). The summed E-state index contributed by atoms with van der Waals surface area (Å²) in [5.41, 5.74) is 2.19. The van der Waals surface area contributed by atoms with Crippen molar-refractivity contribution in [3.8, 4) is 5.75 Å². The van der Waals surface area contributed by atoms with Crippen LogP contribution in [0.3, 0.4) is 0 Å². The lowest BCUT2D eigenvalue weighted by molar-refractivity contribution is 0.0600. The van der Waals surface area contributed by atoms with Crippen LogP contribution < -0.4 is 14.5 Å². The number of fused-ring (bicyclic) bond motifs is 2. The summed E-state index contributed by atoms with van der Waals surface area (Å²) >= 11 is 6.12. The fraction of sp³-hybridized carbons (Fsp3) is 0.217. The molecule has 2 aromatic heterocycles. The van der Waals surface area contributed by atoms with E-state index in [2.05, 4.69) is 9.97 Å². The average molecular weight is 453 g/mol. The molecular formula is C23H21ClN4O4. The summed E-state index contributed by atoms with van der Waals surface area (Å²) in [7, 11) is 3.02. The normalized spacial score (nSPS) is 12.7. The van der Waals surface area contributed by atoms with Crippen molar-refractivity contribution in [2.24, 2.45) is 0 Å². The van der Waals surface area contributed by atoms with E-state index in [0.717, 1.165) is 0 Å². The second kappa shape index (κ2) is 8.84. The largest absolute Gasteiger partial charge is 0.489 e. The zero-order valence-corrected chi connectivity index (χ0v) is 18.6. The highest BCUT2D eigenvalue weighted by atomic mass is 35.5. The Morgan fingerprint density at radius 1 is 1.16 bits per heavy atom. The molecule has 0 saturated heterocycles. The van der Waals surface area contributed by atoms with Gasteiger partial charge in [0.25, 0.3) is 5.91 Å². The van der Waals surface area contributed by atoms with Gasteiger partial charge in [-0.25, -0.2) is 14.8 Å². The number of benzene rings is 1. The van der Waals surface area contributed by atoms with E-state index in [0.29, 0.717) is 51.5 Å². The molecule has 32 heavy (non-hydrogen) atoms. The highest BCUT2D eigenvalue weighted by Gasteiger charge is 2.31. The smallest absolute Gasteiger partial charge is 0.337 e. The lowest BCUT2D eigenvalue weighted by Gasteiger charge is -2.23. The van der Waals surface area contributed by atoms with Crippen molar-refractivity contribution in [2.45, 2.75) is 13.5 Å². The number of ether oxygens (including phenoxy) is 2. The van der Waals surface area contributed by atoms with Gasteiger partial charge in [0, 0.05) is 25.4 Å². The van der Waals surface area contributed by atoms with Crippen molar-refractivity contribution in [1.29, 1.82) is 0 Å². The summed E-state index contributed by atoms with van der Waals surface area (Å²) in [5.74, 6) is 0.944. The Hall–Kier alpha value is -3.65. The van der Waals surface area contributed by atoms with E-state index in [-0.39, 0.29) is 12.5 Å². The number of carbonyl (C=O) groups excluding carboxylic acids is 2. The number of aromatic nitrogens is 2. The minimum absolute atomic E-state index is 0.172. The maximum absolute atomic E-state index is 13.2. The van der Waals surface area contributed by atoms with Crippen LogP contribution in [0.25, 0.3) is 0 Å². The van der Waals surface area contributed by atoms with Gasteiger partial charge in [0.1, 0.15) is 23.3 Å². The molecular weight excluding hydrogens is 432 g/mol. The van der Waals surface area contributed by atoms with E-state index in [9.17, 15) is 9.59 Å². The van der Waals surface area contributed by atoms with Crippen molar-refractivity contribution in [3.05, 3.63) is 70.5 Å². The molecule has 3 heterocycles. The topological polar surface area (TPSA) is 84.9 Å². The number of anilines is 3. The molecule has 3 aromatic rings. The summed E-state index contributed by atoms with van der Waals surface area (Å²) in [5, 5.41) is 0.339. The fourth-order valence-corrected chi connectivity index (χ4v) is 3.66. The molecule has 0 fully saturated rings. The second-order valence-electron chi connectivity index (χ2n) is 7.11. The van der Waals surface area contributed by atoms with E-state index in [1.165, 1.54) is 7.11 Å². The maximum atomic E-state index is 13.2. The monoisotopic (exact) mass is 452 g/mol. The first-order valence-corrected chi connectivity index (χ1v) is 10.3. The van der Waals surface area contributed by atoms with Gasteiger partial charge in [-0.3, -0.25) is 4.79 Å². The Balaban J connectivity index is 1.65. The van der Waals surface area contributed by atoms with Crippen LogP contribution in [0.1, 0.15) is 33.2 Å². The molecule has 164 valence electrons. The van der Waals surface area contributed by atoms with Gasteiger partial charge < -0.3 is 19.3 Å². The van der Waals surface area contributed by atoms with Crippen LogP contribution >= 0.6 is 11.6 Å². The van der Waals surface area contributed by atoms with E-state index in [1.54, 1.807) is 60.6 Å². The minimum Gasteiger partial charge on any atom is -0.489 e. The number of amides is 1. The number of carbonyl (C=O) groups is 2. The predicted molar refractivity (Wildman–Crippen MR) is 121 cm³/mol. The third-order valence-electron chi connectivity index (χ3n) is 5.13. The molecule has 1 aliphatic rings. The van der Waals surface area contributed by atoms with Gasteiger partial charge in [0.05, 0.1) is 23.9 Å². The molecule has 0 radical (unpaired) electrons. The van der Waals surface area contributed by atoms with Crippen LogP contribution in [-0.2, 0) is 11.3 Å². The average Bonchev–Trinajstić information content (AvgIpc) is 2.90. The van der Waals surface area contributed by atoms with Crippen molar-refractivity contribution in [3.63, 3.8) is 0 Å². The molecule has 0 unspecified atom stereocenters. The maximum Gasteiger partial charge on any atom is 0.337 e. The summed E-state index contributed by atoms with van der Waals surface area (Å²) in [4.78, 5) is 37.4. The third kappa shape index (κ3) is 3.97. The van der Waals surface area contributed by atoms with E-state index >= 15 is 0 Å². The van der Waals surface area contributed by atoms with Gasteiger partial charge in [0.2, 0.25) is 0 Å². The highest BCUT2D eigenvalue weighted by molar-refractivity contribution is 6.29. The lowest BCUT2D eigenvalue weighted by Crippen LogP contribution is -2.25. The fourth-order valence-electron chi connectivity index (χ4n) is 3.52. The molecule has 1 aromatic carbocycles.